The molecule has 1 atom stereocenters. The van der Waals surface area contributed by atoms with Gasteiger partial charge in [-0.2, -0.15) is 0 Å². The summed E-state index contributed by atoms with van der Waals surface area (Å²) in [6, 6.07) is 8.78. The second-order valence-corrected chi connectivity index (χ2v) is 4.07. The van der Waals surface area contributed by atoms with Gasteiger partial charge in [-0.25, -0.2) is 9.59 Å². The third-order valence-corrected chi connectivity index (χ3v) is 2.67. The predicted molar refractivity (Wildman–Crippen MR) is 63.7 cm³/mol. The van der Waals surface area contributed by atoms with Crippen molar-refractivity contribution in [2.24, 2.45) is 0 Å². The van der Waals surface area contributed by atoms with E-state index in [0.717, 1.165) is 12.0 Å². The fourth-order valence-electron chi connectivity index (χ4n) is 1.72. The minimum absolute atomic E-state index is 0.189. The first-order valence-electron chi connectivity index (χ1n) is 5.89. The summed E-state index contributed by atoms with van der Waals surface area (Å²) in [4.78, 5) is 22.8. The van der Waals surface area contributed by atoms with Gasteiger partial charge in [0, 0.05) is 0 Å². The van der Waals surface area contributed by atoms with Crippen LogP contribution in [-0.4, -0.2) is 24.7 Å². The molecule has 2 rings (SSSR count). The van der Waals surface area contributed by atoms with Crippen LogP contribution in [0.1, 0.15) is 18.4 Å². The molecule has 1 heterocycles. The van der Waals surface area contributed by atoms with Crippen molar-refractivity contribution in [3.8, 4) is 0 Å². The number of rotatable bonds is 3. The van der Waals surface area contributed by atoms with Gasteiger partial charge in [0.25, 0.3) is 0 Å². The summed E-state index contributed by atoms with van der Waals surface area (Å²) in [5.41, 5.74) is 0.902. The zero-order chi connectivity index (χ0) is 12.8. The molecule has 18 heavy (non-hydrogen) atoms. The summed E-state index contributed by atoms with van der Waals surface area (Å²) in [6.07, 6.45) is 0.761. The van der Waals surface area contributed by atoms with Crippen LogP contribution in [0.25, 0.3) is 0 Å². The van der Waals surface area contributed by atoms with E-state index in [1.165, 1.54) is 0 Å². The summed E-state index contributed by atoms with van der Waals surface area (Å²) < 4.78 is 9.87. The number of nitrogens with one attached hydrogen (secondary N) is 1. The molecule has 1 N–H and O–H groups in total. The minimum atomic E-state index is -0.595. The fourth-order valence-corrected chi connectivity index (χ4v) is 1.72. The topological polar surface area (TPSA) is 64.6 Å². The highest BCUT2D eigenvalue weighted by Gasteiger charge is 2.25. The van der Waals surface area contributed by atoms with Crippen molar-refractivity contribution in [3.63, 3.8) is 0 Å². The normalized spacial score (nSPS) is 18.9. The second kappa shape index (κ2) is 6.05. The van der Waals surface area contributed by atoms with Gasteiger partial charge in [-0.1, -0.05) is 30.3 Å². The van der Waals surface area contributed by atoms with E-state index in [0.29, 0.717) is 13.0 Å². The number of cyclic esters (lactones) is 1. The zero-order valence-corrected chi connectivity index (χ0v) is 9.93. The quantitative estimate of drug-likeness (QED) is 0.827. The smallest absolute Gasteiger partial charge is 0.408 e. The Morgan fingerprint density at radius 1 is 1.39 bits per heavy atom. The standard InChI is InChI=1S/C13H15NO4/c15-12-11(7-4-8-17-12)14-13(16)18-9-10-5-2-1-3-6-10/h1-3,5-6,11H,4,7-9H2,(H,14,16). The van der Waals surface area contributed by atoms with Crippen LogP contribution >= 0.6 is 0 Å². The largest absolute Gasteiger partial charge is 0.464 e. The molecule has 1 aliphatic heterocycles. The molecule has 5 heteroatoms. The van der Waals surface area contributed by atoms with Crippen molar-refractivity contribution >= 4 is 12.1 Å². The summed E-state index contributed by atoms with van der Waals surface area (Å²) in [5, 5.41) is 2.50. The molecule has 0 radical (unpaired) electrons. The number of amides is 1. The Morgan fingerprint density at radius 3 is 2.89 bits per heavy atom. The Balaban J connectivity index is 1.76. The Hall–Kier alpha value is -2.04. The molecule has 0 spiro atoms. The van der Waals surface area contributed by atoms with Crippen molar-refractivity contribution in [2.45, 2.75) is 25.5 Å². The molecule has 1 amide bonds. The maximum Gasteiger partial charge on any atom is 0.408 e. The van der Waals surface area contributed by atoms with Crippen molar-refractivity contribution < 1.29 is 19.1 Å². The van der Waals surface area contributed by atoms with Crippen LogP contribution in [0.3, 0.4) is 0 Å². The highest BCUT2D eigenvalue weighted by molar-refractivity contribution is 5.81. The number of alkyl carbamates (subject to hydrolysis) is 1. The van der Waals surface area contributed by atoms with Crippen LogP contribution in [-0.2, 0) is 20.9 Å². The van der Waals surface area contributed by atoms with E-state index in [1.807, 2.05) is 30.3 Å². The first kappa shape index (κ1) is 12.4. The molecular weight excluding hydrogens is 234 g/mol. The Kier molecular flexibility index (Phi) is 4.17. The van der Waals surface area contributed by atoms with Gasteiger partial charge in [-0.05, 0) is 18.4 Å². The molecule has 1 fully saturated rings. The first-order valence-corrected chi connectivity index (χ1v) is 5.89. The molecule has 5 nitrogen and oxygen atoms in total. The third kappa shape index (κ3) is 3.48. The van der Waals surface area contributed by atoms with Crippen LogP contribution in [0.4, 0.5) is 4.79 Å². The van der Waals surface area contributed by atoms with Gasteiger partial charge in [0.05, 0.1) is 6.61 Å². The van der Waals surface area contributed by atoms with Crippen LogP contribution < -0.4 is 5.32 Å². The van der Waals surface area contributed by atoms with E-state index in [1.54, 1.807) is 0 Å². The van der Waals surface area contributed by atoms with Crippen molar-refractivity contribution in [1.82, 2.24) is 5.32 Å². The lowest BCUT2D eigenvalue weighted by atomic mass is 10.1. The van der Waals surface area contributed by atoms with Crippen LogP contribution in [0.5, 0.6) is 0 Å². The third-order valence-electron chi connectivity index (χ3n) is 2.67. The van der Waals surface area contributed by atoms with Gasteiger partial charge in [-0.15, -0.1) is 0 Å². The number of carbonyl (C=O) groups excluding carboxylic acids is 2. The molecule has 1 aromatic carbocycles. The van der Waals surface area contributed by atoms with E-state index in [2.05, 4.69) is 5.32 Å². The van der Waals surface area contributed by atoms with Gasteiger partial charge in [0.2, 0.25) is 0 Å². The van der Waals surface area contributed by atoms with Crippen molar-refractivity contribution in [1.29, 1.82) is 0 Å². The van der Waals surface area contributed by atoms with Gasteiger partial charge in [0.15, 0.2) is 0 Å². The number of carbonyl (C=O) groups is 2. The SMILES string of the molecule is O=C(NC1CCCOC1=O)OCc1ccccc1. The number of benzene rings is 1. The maximum absolute atomic E-state index is 11.5. The van der Waals surface area contributed by atoms with Crippen LogP contribution in [0.15, 0.2) is 30.3 Å². The lowest BCUT2D eigenvalue weighted by Gasteiger charge is -2.21. The number of hydrogen-bond donors (Lipinski definition) is 1. The van der Waals surface area contributed by atoms with E-state index in [4.69, 9.17) is 9.47 Å². The molecule has 1 aliphatic rings. The van der Waals surface area contributed by atoms with Crippen LogP contribution in [0.2, 0.25) is 0 Å². The number of esters is 1. The lowest BCUT2D eigenvalue weighted by molar-refractivity contribution is -0.149. The Morgan fingerprint density at radius 2 is 2.17 bits per heavy atom. The average Bonchev–Trinajstić information content (AvgIpc) is 2.40. The average molecular weight is 249 g/mol. The van der Waals surface area contributed by atoms with E-state index in [9.17, 15) is 9.59 Å². The first-order chi connectivity index (χ1) is 8.75. The Labute approximate surface area is 105 Å². The second-order valence-electron chi connectivity index (χ2n) is 4.07. The van der Waals surface area contributed by atoms with Gasteiger partial charge in [0.1, 0.15) is 12.6 Å². The molecule has 1 aromatic rings. The molecular formula is C13H15NO4. The summed E-state index contributed by atoms with van der Waals surface area (Å²) >= 11 is 0. The zero-order valence-electron chi connectivity index (χ0n) is 9.93. The fraction of sp³-hybridized carbons (Fsp3) is 0.385. The Bertz CT molecular complexity index is 418. The lowest BCUT2D eigenvalue weighted by Crippen LogP contribution is -2.44. The monoisotopic (exact) mass is 249 g/mol. The molecule has 1 saturated heterocycles. The van der Waals surface area contributed by atoms with Gasteiger partial charge < -0.3 is 14.8 Å². The van der Waals surface area contributed by atoms with E-state index >= 15 is 0 Å². The summed E-state index contributed by atoms with van der Waals surface area (Å²) in [5.74, 6) is -0.391. The van der Waals surface area contributed by atoms with Crippen LogP contribution in [0, 0.1) is 0 Å². The highest BCUT2D eigenvalue weighted by atomic mass is 16.6. The molecule has 96 valence electrons. The molecule has 0 bridgehead atoms. The molecule has 1 unspecified atom stereocenters. The number of ether oxygens (including phenoxy) is 2. The molecule has 0 saturated carbocycles. The minimum Gasteiger partial charge on any atom is -0.464 e. The highest BCUT2D eigenvalue weighted by Crippen LogP contribution is 2.08. The summed E-state index contributed by atoms with van der Waals surface area (Å²) in [6.45, 7) is 0.616. The predicted octanol–water partition coefficient (Wildman–Crippen LogP) is 1.62. The van der Waals surface area contributed by atoms with E-state index in [-0.39, 0.29) is 6.61 Å². The van der Waals surface area contributed by atoms with Gasteiger partial charge >= 0.3 is 12.1 Å². The summed E-state index contributed by atoms with van der Waals surface area (Å²) in [7, 11) is 0. The maximum atomic E-state index is 11.5. The van der Waals surface area contributed by atoms with Crippen molar-refractivity contribution in [3.05, 3.63) is 35.9 Å². The van der Waals surface area contributed by atoms with Crippen molar-refractivity contribution in [2.75, 3.05) is 6.61 Å². The number of hydrogen-bond acceptors (Lipinski definition) is 4. The molecule has 0 aromatic heterocycles. The van der Waals surface area contributed by atoms with E-state index < -0.39 is 18.1 Å². The van der Waals surface area contributed by atoms with Gasteiger partial charge in [-0.3, -0.25) is 0 Å². The molecule has 0 aliphatic carbocycles.